The van der Waals surface area contributed by atoms with E-state index in [-0.39, 0.29) is 0 Å². The maximum absolute atomic E-state index is 13.3. The van der Waals surface area contributed by atoms with Crippen LogP contribution in [0, 0.1) is 0 Å². The van der Waals surface area contributed by atoms with Crippen LogP contribution in [0.5, 0.6) is 0 Å². The van der Waals surface area contributed by atoms with Crippen LogP contribution in [0.1, 0.15) is 38.5 Å². The molecule has 0 heterocycles. The van der Waals surface area contributed by atoms with Gasteiger partial charge in [-0.1, -0.05) is 141 Å². The molecule has 0 aliphatic rings. The Balaban J connectivity index is 1.86. The van der Waals surface area contributed by atoms with E-state index in [9.17, 15) is 9.18 Å². The first-order valence-electron chi connectivity index (χ1n) is 15.9. The normalized spacial score (nSPS) is 12.9. The zero-order valence-corrected chi connectivity index (χ0v) is 32.6. The minimum Gasteiger partial charge on any atom is -0.377 e. The number of benzene rings is 2. The molecule has 0 N–H and O–H groups in total. The lowest BCUT2D eigenvalue weighted by molar-refractivity contribution is 0.122. The van der Waals surface area contributed by atoms with Gasteiger partial charge in [0.2, 0.25) is 0 Å². The predicted molar refractivity (Wildman–Crippen MR) is 193 cm³/mol. The second kappa shape index (κ2) is 16.8. The Morgan fingerprint density at radius 1 is 0.628 bits per heavy atom. The molecule has 5 nitrogen and oxygen atoms in total. The van der Waals surface area contributed by atoms with Crippen molar-refractivity contribution >= 4 is 60.4 Å². The van der Waals surface area contributed by atoms with Crippen molar-refractivity contribution in [3.63, 3.8) is 0 Å². The second-order valence-corrected chi connectivity index (χ2v) is 31.6. The van der Waals surface area contributed by atoms with Gasteiger partial charge in [0.25, 0.3) is 0 Å². The largest absolute Gasteiger partial charge is 0.500 e. The third kappa shape index (κ3) is 11.2. The Hall–Kier alpha value is -1.41. The molecule has 2 aromatic carbocycles. The van der Waals surface area contributed by atoms with Crippen LogP contribution in [0.15, 0.2) is 48.5 Å². The van der Waals surface area contributed by atoms with Crippen molar-refractivity contribution in [3.8, 4) is 0 Å². The maximum atomic E-state index is 13.3. The van der Waals surface area contributed by atoms with Crippen molar-refractivity contribution in [2.45, 2.75) is 102 Å². The highest BCUT2D eigenvalue weighted by Crippen LogP contribution is 2.24. The average Bonchev–Trinajstić information content (AvgIpc) is 2.99. The van der Waals surface area contributed by atoms with Gasteiger partial charge >= 0.3 is 15.0 Å². The molecule has 10 heteroatoms. The average molecular weight is 664 g/mol. The summed E-state index contributed by atoms with van der Waals surface area (Å²) < 4.78 is 29.9. The maximum Gasteiger partial charge on any atom is 0.500 e. The monoisotopic (exact) mass is 663 g/mol. The molecule has 0 fully saturated rings. The number of hydrogen-bond donors (Lipinski definition) is 0. The standard InChI is InChI=1S/C33H58FNO4Si4/c1-35(33(34)36)29-18-17-19-32(28-29)42(9,10)27-26-41(7,8)31-22-20-30(21-23-31)40(5,6)24-15-13-11-12-14-16-25-43(37-2,38-3)39-4/h17-23,28H,11-16,24-27H2,1-10H3. The van der Waals surface area contributed by atoms with Crippen molar-refractivity contribution in [2.75, 3.05) is 33.3 Å². The van der Waals surface area contributed by atoms with Gasteiger partial charge in [-0.25, -0.2) is 4.79 Å². The van der Waals surface area contributed by atoms with Gasteiger partial charge in [0.05, 0.1) is 24.2 Å². The summed E-state index contributed by atoms with van der Waals surface area (Å²) in [7, 11) is -0.701. The summed E-state index contributed by atoms with van der Waals surface area (Å²) in [6, 6.07) is 22.3. The fraction of sp³-hybridized carbons (Fsp3) is 0.606. The summed E-state index contributed by atoms with van der Waals surface area (Å²) in [5.74, 6) is 0. The quantitative estimate of drug-likeness (QED) is 0.0664. The molecular weight excluding hydrogens is 606 g/mol. The number of amides is 1. The van der Waals surface area contributed by atoms with Crippen molar-refractivity contribution < 1.29 is 22.5 Å². The molecule has 0 unspecified atom stereocenters. The van der Waals surface area contributed by atoms with Gasteiger partial charge in [0.1, 0.15) is 0 Å². The van der Waals surface area contributed by atoms with Gasteiger partial charge in [-0.2, -0.15) is 0 Å². The summed E-state index contributed by atoms with van der Waals surface area (Å²) in [5.41, 5.74) is 0.629. The van der Waals surface area contributed by atoms with Crippen LogP contribution in [-0.2, 0) is 13.3 Å². The smallest absolute Gasteiger partial charge is 0.377 e. The Bertz CT molecular complexity index is 1130. The number of rotatable bonds is 19. The van der Waals surface area contributed by atoms with E-state index in [0.717, 1.165) is 17.4 Å². The lowest BCUT2D eigenvalue weighted by atomic mass is 10.1. The fourth-order valence-electron chi connectivity index (χ4n) is 5.84. The fourth-order valence-corrected chi connectivity index (χ4v) is 17.9. The summed E-state index contributed by atoms with van der Waals surface area (Å²) in [6.45, 7) is 14.8. The van der Waals surface area contributed by atoms with Crippen LogP contribution < -0.4 is 20.5 Å². The minimum atomic E-state index is -2.42. The molecule has 2 rings (SSSR count). The molecule has 0 bridgehead atoms. The van der Waals surface area contributed by atoms with Gasteiger partial charge in [-0.05, 0) is 18.6 Å². The molecule has 0 spiro atoms. The minimum absolute atomic E-state index is 0.629. The molecule has 0 saturated carbocycles. The Labute approximate surface area is 265 Å². The Morgan fingerprint density at radius 3 is 1.51 bits per heavy atom. The third-order valence-electron chi connectivity index (χ3n) is 9.57. The summed E-state index contributed by atoms with van der Waals surface area (Å²) >= 11 is 0. The number of carbonyl (C=O) groups is 1. The molecule has 2 aromatic rings. The van der Waals surface area contributed by atoms with Crippen LogP contribution in [0.25, 0.3) is 0 Å². The molecular formula is C33H58FNO4Si4. The molecule has 0 aliphatic heterocycles. The first kappa shape index (κ1) is 37.8. The molecule has 0 radical (unpaired) electrons. The first-order chi connectivity index (χ1) is 20.1. The summed E-state index contributed by atoms with van der Waals surface area (Å²) in [5, 5.41) is 4.38. The van der Waals surface area contributed by atoms with E-state index in [0.29, 0.717) is 5.69 Å². The van der Waals surface area contributed by atoms with Crippen molar-refractivity contribution in [2.24, 2.45) is 0 Å². The lowest BCUT2D eigenvalue weighted by Gasteiger charge is -2.31. The number of nitrogens with zero attached hydrogens (tertiary/aromatic N) is 1. The molecule has 0 aliphatic carbocycles. The number of anilines is 1. The van der Waals surface area contributed by atoms with Crippen molar-refractivity contribution in [1.82, 2.24) is 0 Å². The van der Waals surface area contributed by atoms with Crippen LogP contribution in [0.3, 0.4) is 0 Å². The SMILES string of the molecule is CO[Si](CCCCCCCC[Si](C)(C)c1ccc([Si](C)(C)CC[Si](C)(C)c2cccc(N(C)C(=O)F)c2)cc1)(OC)OC. The van der Waals surface area contributed by atoms with Crippen molar-refractivity contribution in [3.05, 3.63) is 48.5 Å². The third-order valence-corrected chi connectivity index (χ3v) is 23.2. The molecule has 0 aromatic heterocycles. The van der Waals surface area contributed by atoms with E-state index in [2.05, 4.69) is 69.6 Å². The van der Waals surface area contributed by atoms with Gasteiger partial charge in [-0.15, -0.1) is 4.39 Å². The summed E-state index contributed by atoms with van der Waals surface area (Å²) in [4.78, 5) is 12.3. The Morgan fingerprint density at radius 2 is 1.05 bits per heavy atom. The van der Waals surface area contributed by atoms with Crippen LogP contribution in [0.4, 0.5) is 14.9 Å². The zero-order valence-electron chi connectivity index (χ0n) is 28.6. The van der Waals surface area contributed by atoms with E-state index < -0.39 is 39.2 Å². The number of carbonyl (C=O) groups excluding carboxylic acids is 1. The Kier molecular flexibility index (Phi) is 14.7. The molecule has 1 amide bonds. The highest BCUT2D eigenvalue weighted by atomic mass is 28.4. The van der Waals surface area contributed by atoms with Gasteiger partial charge < -0.3 is 13.3 Å². The topological polar surface area (TPSA) is 48.0 Å². The molecule has 43 heavy (non-hydrogen) atoms. The molecule has 242 valence electrons. The molecule has 0 saturated heterocycles. The first-order valence-corrected chi connectivity index (χ1v) is 27.5. The van der Waals surface area contributed by atoms with Gasteiger partial charge in [0.15, 0.2) is 0 Å². The predicted octanol–water partition coefficient (Wildman–Crippen LogP) is 7.88. The summed E-state index contributed by atoms with van der Waals surface area (Å²) in [6.07, 6.45) is 6.05. The van der Waals surface area contributed by atoms with E-state index in [1.807, 2.05) is 12.1 Å². The highest BCUT2D eigenvalue weighted by Gasteiger charge is 2.36. The van der Waals surface area contributed by atoms with E-state index in [1.54, 1.807) is 32.6 Å². The second-order valence-electron chi connectivity index (χ2n) is 14.0. The zero-order chi connectivity index (χ0) is 32.3. The number of halogens is 1. The lowest BCUT2D eigenvalue weighted by Crippen LogP contribution is -2.48. The van der Waals surface area contributed by atoms with E-state index in [1.165, 1.54) is 67.7 Å². The number of unbranched alkanes of at least 4 members (excludes halogenated alkanes) is 5. The van der Waals surface area contributed by atoms with Crippen LogP contribution >= 0.6 is 0 Å². The number of hydrogen-bond acceptors (Lipinski definition) is 4. The van der Waals surface area contributed by atoms with E-state index >= 15 is 0 Å². The van der Waals surface area contributed by atoms with Crippen LogP contribution in [-0.4, -0.2) is 67.6 Å². The van der Waals surface area contributed by atoms with E-state index in [4.69, 9.17) is 13.3 Å². The highest BCUT2D eigenvalue weighted by molar-refractivity contribution is 6.94. The van der Waals surface area contributed by atoms with Crippen LogP contribution in [0.2, 0.25) is 63.5 Å². The van der Waals surface area contributed by atoms with Crippen molar-refractivity contribution in [1.29, 1.82) is 0 Å². The van der Waals surface area contributed by atoms with Gasteiger partial charge in [-0.3, -0.25) is 4.90 Å². The van der Waals surface area contributed by atoms with Gasteiger partial charge in [0, 0.05) is 40.1 Å². The molecule has 0 atom stereocenters.